The fraction of sp³-hybridized carbons (Fsp3) is 0.188. The Balaban J connectivity index is 2.38. The van der Waals surface area contributed by atoms with Crippen LogP contribution < -0.4 is 4.72 Å². The molecule has 2 rings (SSSR count). The van der Waals surface area contributed by atoms with Gasteiger partial charge < -0.3 is 4.74 Å². The first kappa shape index (κ1) is 18.4. The minimum atomic E-state index is -4.03. The van der Waals surface area contributed by atoms with Crippen molar-refractivity contribution >= 4 is 27.4 Å². The predicted molar refractivity (Wildman–Crippen MR) is 91.2 cm³/mol. The summed E-state index contributed by atoms with van der Waals surface area (Å²) in [7, 11) is -2.78. The number of rotatable bonds is 5. The van der Waals surface area contributed by atoms with Crippen molar-refractivity contribution in [3.05, 3.63) is 63.2 Å². The molecule has 2 aromatic rings. The molecule has 0 bridgehead atoms. The summed E-state index contributed by atoms with van der Waals surface area (Å²) >= 11 is 0. The molecular weight excluding hydrogens is 348 g/mol. The van der Waals surface area contributed by atoms with Gasteiger partial charge in [0.1, 0.15) is 0 Å². The molecule has 0 saturated carbocycles. The number of benzene rings is 2. The fourth-order valence-electron chi connectivity index (χ4n) is 2.31. The van der Waals surface area contributed by atoms with Crippen molar-refractivity contribution in [1.82, 2.24) is 0 Å². The third-order valence-electron chi connectivity index (χ3n) is 3.54. The van der Waals surface area contributed by atoms with Crippen LogP contribution in [-0.2, 0) is 14.8 Å². The molecule has 0 unspecified atom stereocenters. The zero-order valence-electron chi connectivity index (χ0n) is 13.8. The number of nitro groups is 1. The van der Waals surface area contributed by atoms with Crippen molar-refractivity contribution in [2.45, 2.75) is 18.7 Å². The van der Waals surface area contributed by atoms with Crippen molar-refractivity contribution in [1.29, 1.82) is 0 Å². The van der Waals surface area contributed by atoms with Crippen molar-refractivity contribution < 1.29 is 22.9 Å². The molecule has 0 amide bonds. The lowest BCUT2D eigenvalue weighted by atomic mass is 10.1. The molecule has 0 spiro atoms. The molecule has 0 aromatic heterocycles. The Kier molecular flexibility index (Phi) is 5.07. The lowest BCUT2D eigenvalue weighted by Gasteiger charge is -2.11. The third kappa shape index (κ3) is 3.94. The summed E-state index contributed by atoms with van der Waals surface area (Å²) < 4.78 is 32.0. The molecule has 0 heterocycles. The fourth-order valence-corrected chi connectivity index (χ4v) is 3.62. The molecule has 0 aliphatic heterocycles. The van der Waals surface area contributed by atoms with Crippen molar-refractivity contribution in [3.63, 3.8) is 0 Å². The van der Waals surface area contributed by atoms with Crippen LogP contribution in [0.2, 0.25) is 0 Å². The summed E-state index contributed by atoms with van der Waals surface area (Å²) in [6.07, 6.45) is 0. The van der Waals surface area contributed by atoms with E-state index < -0.39 is 20.9 Å². The molecular formula is C16H16N2O6S. The Morgan fingerprint density at radius 3 is 2.24 bits per heavy atom. The van der Waals surface area contributed by atoms with E-state index in [1.54, 1.807) is 13.8 Å². The molecule has 0 aliphatic rings. The first-order chi connectivity index (χ1) is 11.7. The van der Waals surface area contributed by atoms with Crippen LogP contribution in [0.15, 0.2) is 41.3 Å². The number of methoxy groups -OCH3 is 1. The van der Waals surface area contributed by atoms with Gasteiger partial charge in [0.25, 0.3) is 15.7 Å². The molecule has 2 aromatic carbocycles. The van der Waals surface area contributed by atoms with E-state index in [2.05, 4.69) is 9.46 Å². The maximum absolute atomic E-state index is 12.6. The van der Waals surface area contributed by atoms with Gasteiger partial charge in [0.05, 0.1) is 22.5 Å². The normalized spacial score (nSPS) is 11.0. The van der Waals surface area contributed by atoms with Crippen LogP contribution in [0.5, 0.6) is 0 Å². The Hall–Kier alpha value is -2.94. The van der Waals surface area contributed by atoms with Gasteiger partial charge in [0.2, 0.25) is 0 Å². The summed E-state index contributed by atoms with van der Waals surface area (Å²) in [6, 6.07) is 8.12. The van der Waals surface area contributed by atoms with E-state index >= 15 is 0 Å². The highest BCUT2D eigenvalue weighted by molar-refractivity contribution is 7.92. The van der Waals surface area contributed by atoms with Crippen molar-refractivity contribution in [2.75, 3.05) is 11.8 Å². The SMILES string of the molecule is COC(=O)c1ccc(NS(=O)(=O)c2cc([N+](=O)[O-])c(C)cc2C)cc1. The van der Waals surface area contributed by atoms with Gasteiger partial charge >= 0.3 is 5.97 Å². The second-order valence-electron chi connectivity index (χ2n) is 5.34. The van der Waals surface area contributed by atoms with Crippen LogP contribution in [0.3, 0.4) is 0 Å². The highest BCUT2D eigenvalue weighted by Gasteiger charge is 2.23. The number of ether oxygens (including phenoxy) is 1. The number of hydrogen-bond acceptors (Lipinski definition) is 6. The largest absolute Gasteiger partial charge is 0.465 e. The highest BCUT2D eigenvalue weighted by atomic mass is 32.2. The highest BCUT2D eigenvalue weighted by Crippen LogP contribution is 2.27. The van der Waals surface area contributed by atoms with Gasteiger partial charge in [-0.15, -0.1) is 0 Å². The van der Waals surface area contributed by atoms with Gasteiger partial charge in [-0.1, -0.05) is 0 Å². The third-order valence-corrected chi connectivity index (χ3v) is 5.06. The Bertz CT molecular complexity index is 936. The minimum Gasteiger partial charge on any atom is -0.465 e. The summed E-state index contributed by atoms with van der Waals surface area (Å²) in [5, 5.41) is 11.0. The van der Waals surface area contributed by atoms with Crippen LogP contribution in [0.1, 0.15) is 21.5 Å². The molecule has 0 aliphatic carbocycles. The zero-order chi connectivity index (χ0) is 18.8. The molecule has 1 N–H and O–H groups in total. The predicted octanol–water partition coefficient (Wildman–Crippen LogP) is 2.80. The number of esters is 1. The lowest BCUT2D eigenvalue weighted by Crippen LogP contribution is -2.15. The maximum atomic E-state index is 12.6. The average Bonchev–Trinajstić information content (AvgIpc) is 2.53. The van der Waals surface area contributed by atoms with E-state index in [1.165, 1.54) is 37.4 Å². The summed E-state index contributed by atoms with van der Waals surface area (Å²) in [6.45, 7) is 3.10. The first-order valence-electron chi connectivity index (χ1n) is 7.12. The Morgan fingerprint density at radius 1 is 1.12 bits per heavy atom. The van der Waals surface area contributed by atoms with E-state index in [1.807, 2.05) is 0 Å². The number of anilines is 1. The van der Waals surface area contributed by atoms with E-state index in [9.17, 15) is 23.3 Å². The van der Waals surface area contributed by atoms with Crippen LogP contribution in [0, 0.1) is 24.0 Å². The van der Waals surface area contributed by atoms with Gasteiger partial charge in [-0.05, 0) is 49.7 Å². The number of sulfonamides is 1. The van der Waals surface area contributed by atoms with Crippen molar-refractivity contribution in [2.24, 2.45) is 0 Å². The van der Waals surface area contributed by atoms with E-state index in [4.69, 9.17) is 0 Å². The Morgan fingerprint density at radius 2 is 1.72 bits per heavy atom. The number of nitrogens with one attached hydrogen (secondary N) is 1. The molecule has 0 saturated heterocycles. The maximum Gasteiger partial charge on any atom is 0.337 e. The summed E-state index contributed by atoms with van der Waals surface area (Å²) in [5.41, 5.74) is 0.987. The van der Waals surface area contributed by atoms with E-state index in [0.29, 0.717) is 11.1 Å². The Labute approximate surface area is 144 Å². The average molecular weight is 364 g/mol. The van der Waals surface area contributed by atoms with Gasteiger partial charge in [0.15, 0.2) is 0 Å². The number of aryl methyl sites for hydroxylation is 2. The zero-order valence-corrected chi connectivity index (χ0v) is 14.6. The monoisotopic (exact) mass is 364 g/mol. The van der Waals surface area contributed by atoms with Gasteiger partial charge in [-0.25, -0.2) is 13.2 Å². The van der Waals surface area contributed by atoms with E-state index in [-0.39, 0.29) is 21.8 Å². The molecule has 0 fully saturated rings. The molecule has 25 heavy (non-hydrogen) atoms. The number of hydrogen-bond donors (Lipinski definition) is 1. The number of carbonyl (C=O) groups excluding carboxylic acids is 1. The van der Waals surface area contributed by atoms with Crippen LogP contribution in [0.25, 0.3) is 0 Å². The minimum absolute atomic E-state index is 0.179. The van der Waals surface area contributed by atoms with Crippen molar-refractivity contribution in [3.8, 4) is 0 Å². The van der Waals surface area contributed by atoms with Crippen LogP contribution >= 0.6 is 0 Å². The van der Waals surface area contributed by atoms with Gasteiger partial charge in [-0.2, -0.15) is 0 Å². The second kappa shape index (κ2) is 6.89. The number of nitro benzene ring substituents is 1. The smallest absolute Gasteiger partial charge is 0.337 e. The molecule has 0 atom stereocenters. The first-order valence-corrected chi connectivity index (χ1v) is 8.61. The number of nitrogens with zero attached hydrogens (tertiary/aromatic N) is 1. The summed E-state index contributed by atoms with van der Waals surface area (Å²) in [5.74, 6) is -0.542. The number of carbonyl (C=O) groups is 1. The van der Waals surface area contributed by atoms with E-state index in [0.717, 1.165) is 6.07 Å². The van der Waals surface area contributed by atoms with Gasteiger partial charge in [0, 0.05) is 17.3 Å². The molecule has 8 nitrogen and oxygen atoms in total. The van der Waals surface area contributed by atoms with Crippen LogP contribution in [0.4, 0.5) is 11.4 Å². The van der Waals surface area contributed by atoms with Gasteiger partial charge in [-0.3, -0.25) is 14.8 Å². The summed E-state index contributed by atoms with van der Waals surface area (Å²) in [4.78, 5) is 21.6. The lowest BCUT2D eigenvalue weighted by molar-refractivity contribution is -0.385. The second-order valence-corrected chi connectivity index (χ2v) is 6.99. The molecule has 0 radical (unpaired) electrons. The molecule has 9 heteroatoms. The molecule has 132 valence electrons. The topological polar surface area (TPSA) is 116 Å². The standard InChI is InChI=1S/C16H16N2O6S/c1-10-8-11(2)15(9-14(10)18(20)21)25(22,23)17-13-6-4-12(5-7-13)16(19)24-3/h4-9,17H,1-3H3. The quantitative estimate of drug-likeness (QED) is 0.495. The van der Waals surface area contributed by atoms with Crippen LogP contribution in [-0.4, -0.2) is 26.4 Å².